The van der Waals surface area contributed by atoms with Crippen molar-refractivity contribution in [1.29, 1.82) is 0 Å². The van der Waals surface area contributed by atoms with Gasteiger partial charge in [-0.05, 0) is 31.1 Å². The second-order valence-corrected chi connectivity index (χ2v) is 9.46. The Kier molecular flexibility index (Phi) is 6.68. The molecular formula is C23H31FN4O4. The summed E-state index contributed by atoms with van der Waals surface area (Å²) in [6.45, 7) is 2.16. The summed E-state index contributed by atoms with van der Waals surface area (Å²) in [5.74, 6) is 1.17. The van der Waals surface area contributed by atoms with Crippen LogP contribution in [0.5, 0.6) is 0 Å². The molecule has 9 heteroatoms. The Labute approximate surface area is 187 Å². The zero-order valence-electron chi connectivity index (χ0n) is 18.3. The third-order valence-electron chi connectivity index (χ3n) is 7.32. The lowest BCUT2D eigenvalue weighted by Crippen LogP contribution is -2.54. The number of fused-ring (bicyclic) bond motifs is 3. The van der Waals surface area contributed by atoms with Gasteiger partial charge in [0, 0.05) is 51.9 Å². The second kappa shape index (κ2) is 9.47. The van der Waals surface area contributed by atoms with E-state index in [1.54, 1.807) is 4.90 Å². The van der Waals surface area contributed by atoms with Gasteiger partial charge in [0.2, 0.25) is 23.6 Å². The van der Waals surface area contributed by atoms with Crippen molar-refractivity contribution in [3.8, 4) is 12.3 Å². The zero-order valence-corrected chi connectivity index (χ0v) is 18.3. The van der Waals surface area contributed by atoms with Crippen LogP contribution >= 0.6 is 0 Å². The van der Waals surface area contributed by atoms with Gasteiger partial charge in [-0.3, -0.25) is 19.2 Å². The molecule has 0 saturated carbocycles. The molecule has 32 heavy (non-hydrogen) atoms. The number of hydrogen-bond acceptors (Lipinski definition) is 4. The molecule has 0 aromatic carbocycles. The molecule has 1 N–H and O–H groups in total. The Morgan fingerprint density at radius 1 is 1.12 bits per heavy atom. The highest BCUT2D eigenvalue weighted by Crippen LogP contribution is 2.33. The van der Waals surface area contributed by atoms with E-state index in [-0.39, 0.29) is 55.4 Å². The Hall–Kier alpha value is -2.63. The average molecular weight is 447 g/mol. The summed E-state index contributed by atoms with van der Waals surface area (Å²) in [4.78, 5) is 56.7. The summed E-state index contributed by atoms with van der Waals surface area (Å²) in [7, 11) is 0. The van der Waals surface area contributed by atoms with Crippen molar-refractivity contribution in [2.24, 2.45) is 11.8 Å². The van der Waals surface area contributed by atoms with E-state index in [9.17, 15) is 23.6 Å². The molecule has 4 fully saturated rings. The van der Waals surface area contributed by atoms with Gasteiger partial charge in [-0.25, -0.2) is 4.39 Å². The molecule has 4 rings (SSSR count). The Bertz CT molecular complexity index is 821. The smallest absolute Gasteiger partial charge is 0.246 e. The van der Waals surface area contributed by atoms with Crippen LogP contribution in [0.1, 0.15) is 44.9 Å². The summed E-state index contributed by atoms with van der Waals surface area (Å²) >= 11 is 0. The first kappa shape index (κ1) is 22.6. The molecule has 4 aliphatic rings. The number of nitrogens with one attached hydrogen (secondary N) is 1. The molecule has 0 radical (unpaired) electrons. The monoisotopic (exact) mass is 446 g/mol. The lowest BCUT2D eigenvalue weighted by molar-refractivity contribution is -0.146. The van der Waals surface area contributed by atoms with E-state index in [0.717, 1.165) is 25.9 Å². The summed E-state index contributed by atoms with van der Waals surface area (Å²) in [5.41, 5.74) is 0. The quantitative estimate of drug-likeness (QED) is 0.632. The lowest BCUT2D eigenvalue weighted by atomic mass is 9.80. The fourth-order valence-electron chi connectivity index (χ4n) is 5.58. The molecule has 4 amide bonds. The molecule has 5 atom stereocenters. The van der Waals surface area contributed by atoms with Crippen molar-refractivity contribution >= 4 is 23.6 Å². The van der Waals surface area contributed by atoms with Crippen LogP contribution in [0.15, 0.2) is 0 Å². The maximum atomic E-state index is 14.3. The van der Waals surface area contributed by atoms with E-state index in [4.69, 9.17) is 6.42 Å². The van der Waals surface area contributed by atoms with Crippen molar-refractivity contribution in [2.75, 3.05) is 32.7 Å². The molecular weight excluding hydrogens is 415 g/mol. The first-order valence-electron chi connectivity index (χ1n) is 11.6. The van der Waals surface area contributed by atoms with Gasteiger partial charge in [0.1, 0.15) is 18.3 Å². The van der Waals surface area contributed by atoms with E-state index >= 15 is 0 Å². The van der Waals surface area contributed by atoms with Crippen molar-refractivity contribution in [1.82, 2.24) is 20.0 Å². The second-order valence-electron chi connectivity index (χ2n) is 9.46. The Morgan fingerprint density at radius 3 is 2.59 bits per heavy atom. The SMILES string of the molecule is C#CC[C@H]1NC(=O)C[C@H]2CN(CC[C@H]2CC(=O)N2CCCC2)C(=O)[C@@H]2C[C@H](F)CN2C1=O. The molecule has 4 saturated heterocycles. The van der Waals surface area contributed by atoms with Gasteiger partial charge in [-0.15, -0.1) is 12.3 Å². The number of carbonyl (C=O) groups excluding carboxylic acids is 4. The lowest BCUT2D eigenvalue weighted by Gasteiger charge is -2.40. The summed E-state index contributed by atoms with van der Waals surface area (Å²) in [6, 6.07) is -1.86. The van der Waals surface area contributed by atoms with Crippen LogP contribution in [0.25, 0.3) is 0 Å². The maximum Gasteiger partial charge on any atom is 0.246 e. The molecule has 2 bridgehead atoms. The van der Waals surface area contributed by atoms with Crippen molar-refractivity contribution < 1.29 is 23.6 Å². The topological polar surface area (TPSA) is 90.0 Å². The number of piperidine rings is 1. The third kappa shape index (κ3) is 4.59. The van der Waals surface area contributed by atoms with Crippen LogP contribution in [0.4, 0.5) is 4.39 Å². The van der Waals surface area contributed by atoms with Crippen molar-refractivity contribution in [3.63, 3.8) is 0 Å². The highest BCUT2D eigenvalue weighted by molar-refractivity contribution is 5.93. The summed E-state index contributed by atoms with van der Waals surface area (Å²) < 4.78 is 14.3. The van der Waals surface area contributed by atoms with Crippen molar-refractivity contribution in [2.45, 2.75) is 63.2 Å². The summed E-state index contributed by atoms with van der Waals surface area (Å²) in [6.07, 6.45) is 7.17. The number of likely N-dealkylation sites (tertiary alicyclic amines) is 1. The first-order chi connectivity index (χ1) is 15.4. The minimum atomic E-state index is -1.29. The molecule has 0 unspecified atom stereocenters. The number of hydrogen-bond donors (Lipinski definition) is 1. The molecule has 0 aliphatic carbocycles. The van der Waals surface area contributed by atoms with E-state index in [1.807, 2.05) is 4.90 Å². The first-order valence-corrected chi connectivity index (χ1v) is 11.6. The molecule has 0 spiro atoms. The Morgan fingerprint density at radius 2 is 1.88 bits per heavy atom. The molecule has 174 valence electrons. The minimum Gasteiger partial charge on any atom is -0.343 e. The predicted molar refractivity (Wildman–Crippen MR) is 114 cm³/mol. The van der Waals surface area contributed by atoms with Crippen LogP contribution in [0, 0.1) is 24.2 Å². The van der Waals surface area contributed by atoms with E-state index in [1.165, 1.54) is 4.90 Å². The van der Waals surface area contributed by atoms with Crippen LogP contribution in [-0.4, -0.2) is 89.3 Å². The van der Waals surface area contributed by atoms with E-state index < -0.39 is 24.2 Å². The molecule has 4 aliphatic heterocycles. The molecule has 4 heterocycles. The number of amides is 4. The zero-order chi connectivity index (χ0) is 22.8. The molecule has 8 nitrogen and oxygen atoms in total. The van der Waals surface area contributed by atoms with Gasteiger partial charge in [-0.2, -0.15) is 0 Å². The van der Waals surface area contributed by atoms with Crippen molar-refractivity contribution in [3.05, 3.63) is 0 Å². The van der Waals surface area contributed by atoms with Gasteiger partial charge >= 0.3 is 0 Å². The van der Waals surface area contributed by atoms with Gasteiger partial charge in [0.15, 0.2) is 0 Å². The number of terminal acetylenes is 1. The number of rotatable bonds is 3. The van der Waals surface area contributed by atoms with Crippen LogP contribution in [0.2, 0.25) is 0 Å². The van der Waals surface area contributed by atoms with E-state index in [2.05, 4.69) is 11.2 Å². The number of carbonyl (C=O) groups is 4. The van der Waals surface area contributed by atoms with Gasteiger partial charge < -0.3 is 20.0 Å². The third-order valence-corrected chi connectivity index (χ3v) is 7.32. The fourth-order valence-corrected chi connectivity index (χ4v) is 5.58. The van der Waals surface area contributed by atoms with Crippen LogP contribution in [-0.2, 0) is 19.2 Å². The standard InChI is InChI=1S/C23H31FN4O4/c1-2-5-18-22(31)28-14-17(24)12-19(28)23(32)27-9-6-15(16(13-27)10-20(29)25-18)11-21(30)26-7-3-4-8-26/h1,15-19H,3-14H2,(H,25,29)/t15-,16-,17-,18+,19-/m0/s1. The van der Waals surface area contributed by atoms with Crippen LogP contribution < -0.4 is 5.32 Å². The number of halogens is 1. The maximum absolute atomic E-state index is 14.3. The van der Waals surface area contributed by atoms with Gasteiger partial charge in [0.05, 0.1) is 6.54 Å². The Balaban J connectivity index is 1.56. The summed E-state index contributed by atoms with van der Waals surface area (Å²) in [5, 5.41) is 2.72. The highest BCUT2D eigenvalue weighted by atomic mass is 19.1. The number of alkyl halides is 1. The largest absolute Gasteiger partial charge is 0.343 e. The van der Waals surface area contributed by atoms with Gasteiger partial charge in [-0.1, -0.05) is 0 Å². The normalized spacial score (nSPS) is 33.4. The van der Waals surface area contributed by atoms with Crippen LogP contribution in [0.3, 0.4) is 0 Å². The highest BCUT2D eigenvalue weighted by Gasteiger charge is 2.46. The minimum absolute atomic E-state index is 0.0194. The number of nitrogens with zero attached hydrogens (tertiary/aromatic N) is 3. The molecule has 0 aromatic rings. The molecule has 0 aromatic heterocycles. The van der Waals surface area contributed by atoms with E-state index in [0.29, 0.717) is 25.9 Å². The average Bonchev–Trinajstić information content (AvgIpc) is 3.43. The predicted octanol–water partition coefficient (Wildman–Crippen LogP) is 0.314. The van der Waals surface area contributed by atoms with Gasteiger partial charge in [0.25, 0.3) is 0 Å². The fraction of sp³-hybridized carbons (Fsp3) is 0.739.